The molecule has 1 aliphatic carbocycles. The van der Waals surface area contributed by atoms with Gasteiger partial charge in [-0.1, -0.05) is 78.9 Å². The highest BCUT2D eigenvalue weighted by atomic mass is 32.1. The van der Waals surface area contributed by atoms with E-state index in [-0.39, 0.29) is 0 Å². The number of thiophene rings is 1. The quantitative estimate of drug-likeness (QED) is 0.454. The molecule has 3 aromatic carbocycles. The van der Waals surface area contributed by atoms with E-state index in [1.807, 2.05) is 11.3 Å². The Morgan fingerprint density at radius 2 is 1.38 bits per heavy atom. The lowest BCUT2D eigenvalue weighted by Crippen LogP contribution is -2.10. The maximum absolute atomic E-state index is 6.48. The Morgan fingerprint density at radius 3 is 2.12 bits per heavy atom. The smallest absolute Gasteiger partial charge is 0.0430 e. The van der Waals surface area contributed by atoms with Crippen molar-refractivity contribution < 1.29 is 0 Å². The zero-order valence-corrected chi connectivity index (χ0v) is 15.2. The number of benzene rings is 3. The molecule has 0 atom stereocenters. The molecule has 0 unspecified atom stereocenters. The van der Waals surface area contributed by atoms with Crippen LogP contribution in [0.2, 0.25) is 0 Å². The van der Waals surface area contributed by atoms with Crippen molar-refractivity contribution >= 4 is 27.0 Å². The van der Waals surface area contributed by atoms with Crippen molar-refractivity contribution in [3.05, 3.63) is 101 Å². The molecule has 0 saturated heterocycles. The van der Waals surface area contributed by atoms with Crippen LogP contribution in [0.15, 0.2) is 84.6 Å². The molecule has 0 spiro atoms. The van der Waals surface area contributed by atoms with Crippen LogP contribution >= 0.6 is 11.3 Å². The monoisotopic (exact) mass is 353 g/mol. The van der Waals surface area contributed by atoms with Gasteiger partial charge in [-0.15, -0.1) is 11.3 Å². The number of nitrogens with two attached hydrogens (primary N) is 1. The first kappa shape index (κ1) is 15.4. The number of fused-ring (bicyclic) bond motifs is 3. The summed E-state index contributed by atoms with van der Waals surface area (Å²) in [7, 11) is 0. The van der Waals surface area contributed by atoms with Crippen LogP contribution in [0.5, 0.6) is 0 Å². The molecule has 0 bridgehead atoms. The summed E-state index contributed by atoms with van der Waals surface area (Å²) >= 11 is 1.89. The van der Waals surface area contributed by atoms with E-state index in [2.05, 4.69) is 78.9 Å². The van der Waals surface area contributed by atoms with Crippen molar-refractivity contribution in [1.82, 2.24) is 0 Å². The summed E-state index contributed by atoms with van der Waals surface area (Å²) in [6.45, 7) is 0. The van der Waals surface area contributed by atoms with Gasteiger partial charge in [0.15, 0.2) is 0 Å². The molecule has 4 aromatic rings. The van der Waals surface area contributed by atoms with Gasteiger partial charge in [0.05, 0.1) is 0 Å². The molecule has 2 heteroatoms. The van der Waals surface area contributed by atoms with E-state index in [9.17, 15) is 0 Å². The summed E-state index contributed by atoms with van der Waals surface area (Å²) in [5, 5.41) is 1.38. The Kier molecular flexibility index (Phi) is 3.65. The Labute approximate surface area is 157 Å². The van der Waals surface area contributed by atoms with Crippen molar-refractivity contribution in [1.29, 1.82) is 0 Å². The van der Waals surface area contributed by atoms with Crippen molar-refractivity contribution in [2.45, 2.75) is 12.8 Å². The van der Waals surface area contributed by atoms with E-state index in [1.54, 1.807) is 0 Å². The lowest BCUT2D eigenvalue weighted by atomic mass is 9.89. The molecule has 0 saturated carbocycles. The van der Waals surface area contributed by atoms with E-state index >= 15 is 0 Å². The number of aryl methyl sites for hydroxylation is 1. The molecular weight excluding hydrogens is 334 g/mol. The fraction of sp³-hybridized carbons (Fsp3) is 0.0833. The molecule has 0 radical (unpaired) electrons. The Hall–Kier alpha value is -2.84. The van der Waals surface area contributed by atoms with Gasteiger partial charge >= 0.3 is 0 Å². The summed E-state index contributed by atoms with van der Waals surface area (Å²) in [4.78, 5) is 1.35. The van der Waals surface area contributed by atoms with Crippen LogP contribution in [0.3, 0.4) is 0 Å². The summed E-state index contributed by atoms with van der Waals surface area (Å²) in [5.41, 5.74) is 14.0. The van der Waals surface area contributed by atoms with E-state index in [0.717, 1.165) is 18.5 Å². The third kappa shape index (κ3) is 2.38. The van der Waals surface area contributed by atoms with Gasteiger partial charge in [-0.05, 0) is 40.5 Å². The first-order chi connectivity index (χ1) is 12.8. The highest BCUT2D eigenvalue weighted by molar-refractivity contribution is 7.21. The van der Waals surface area contributed by atoms with Crippen molar-refractivity contribution in [3.63, 3.8) is 0 Å². The van der Waals surface area contributed by atoms with Gasteiger partial charge in [-0.2, -0.15) is 0 Å². The van der Waals surface area contributed by atoms with Crippen molar-refractivity contribution in [2.75, 3.05) is 0 Å². The van der Waals surface area contributed by atoms with E-state index in [1.165, 1.54) is 42.8 Å². The second kappa shape index (κ2) is 6.15. The average Bonchev–Trinajstić information content (AvgIpc) is 3.07. The number of allylic oxidation sites excluding steroid dienone is 1. The van der Waals surface area contributed by atoms with Crippen molar-refractivity contribution in [3.8, 4) is 11.1 Å². The predicted molar refractivity (Wildman–Crippen MR) is 112 cm³/mol. The molecule has 26 heavy (non-hydrogen) atoms. The molecule has 126 valence electrons. The maximum atomic E-state index is 6.48. The fourth-order valence-corrected chi connectivity index (χ4v) is 5.40. The van der Waals surface area contributed by atoms with Gasteiger partial charge < -0.3 is 5.73 Å². The Balaban J connectivity index is 1.78. The standard InChI is InChI=1S/C24H19NS/c25-21-15-14-20-19-13-7-12-18(16-8-3-1-4-9-16)23(19)26-24(20)22(21)17-10-5-2-6-11-17/h1-13H,14-15,25H2. The van der Waals surface area contributed by atoms with Crippen LogP contribution < -0.4 is 5.73 Å². The van der Waals surface area contributed by atoms with Gasteiger partial charge in [0.2, 0.25) is 0 Å². The highest BCUT2D eigenvalue weighted by Crippen LogP contribution is 2.46. The molecule has 1 aliphatic rings. The van der Waals surface area contributed by atoms with Crippen LogP contribution in [0, 0.1) is 0 Å². The largest absolute Gasteiger partial charge is 0.401 e. The molecule has 1 heterocycles. The topological polar surface area (TPSA) is 26.0 Å². The first-order valence-electron chi connectivity index (χ1n) is 8.97. The minimum Gasteiger partial charge on any atom is -0.401 e. The first-order valence-corrected chi connectivity index (χ1v) is 9.79. The third-order valence-electron chi connectivity index (χ3n) is 5.16. The van der Waals surface area contributed by atoms with Gasteiger partial charge in [-0.3, -0.25) is 0 Å². The van der Waals surface area contributed by atoms with Crippen LogP contribution in [0.4, 0.5) is 0 Å². The summed E-state index contributed by atoms with van der Waals surface area (Å²) in [6, 6.07) is 27.9. The SMILES string of the molecule is NC1=C(c2ccccc2)c2sc3c(-c4ccccc4)cccc3c2CC1. The summed E-state index contributed by atoms with van der Waals surface area (Å²) in [5.74, 6) is 0. The van der Waals surface area contributed by atoms with E-state index < -0.39 is 0 Å². The lowest BCUT2D eigenvalue weighted by Gasteiger charge is -2.18. The molecular formula is C24H19NS. The lowest BCUT2D eigenvalue weighted by molar-refractivity contribution is 0.919. The Bertz CT molecular complexity index is 1120. The highest BCUT2D eigenvalue weighted by Gasteiger charge is 2.24. The molecule has 5 rings (SSSR count). The second-order valence-electron chi connectivity index (χ2n) is 6.72. The van der Waals surface area contributed by atoms with E-state index in [4.69, 9.17) is 5.73 Å². The molecule has 0 fully saturated rings. The van der Waals surface area contributed by atoms with Crippen LogP contribution in [0.1, 0.15) is 22.4 Å². The van der Waals surface area contributed by atoms with Crippen molar-refractivity contribution in [2.24, 2.45) is 5.73 Å². The maximum Gasteiger partial charge on any atom is 0.0430 e. The average molecular weight is 353 g/mol. The number of rotatable bonds is 2. The number of hydrogen-bond acceptors (Lipinski definition) is 2. The minimum absolute atomic E-state index is 0.929. The summed E-state index contributed by atoms with van der Waals surface area (Å²) < 4.78 is 1.37. The van der Waals surface area contributed by atoms with Gasteiger partial charge in [-0.25, -0.2) is 0 Å². The molecule has 1 nitrogen and oxygen atoms in total. The van der Waals surface area contributed by atoms with Gasteiger partial charge in [0.25, 0.3) is 0 Å². The normalized spacial score (nSPS) is 13.8. The second-order valence-corrected chi connectivity index (χ2v) is 7.74. The third-order valence-corrected chi connectivity index (χ3v) is 6.46. The summed E-state index contributed by atoms with van der Waals surface area (Å²) in [6.07, 6.45) is 1.95. The zero-order chi connectivity index (χ0) is 17.5. The van der Waals surface area contributed by atoms with Crippen LogP contribution in [-0.4, -0.2) is 0 Å². The molecule has 2 N–H and O–H groups in total. The van der Waals surface area contributed by atoms with Crippen LogP contribution in [0.25, 0.3) is 26.8 Å². The molecule has 0 aliphatic heterocycles. The fourth-order valence-electron chi connectivity index (χ4n) is 3.92. The minimum atomic E-state index is 0.929. The van der Waals surface area contributed by atoms with Gasteiger partial charge in [0.1, 0.15) is 0 Å². The van der Waals surface area contributed by atoms with E-state index in [0.29, 0.717) is 0 Å². The zero-order valence-electron chi connectivity index (χ0n) is 14.4. The van der Waals surface area contributed by atoms with Gasteiger partial charge in [0, 0.05) is 20.8 Å². The predicted octanol–water partition coefficient (Wildman–Crippen LogP) is 6.23. The number of hydrogen-bond donors (Lipinski definition) is 1. The molecule has 1 aromatic heterocycles. The van der Waals surface area contributed by atoms with Crippen LogP contribution in [-0.2, 0) is 6.42 Å². The molecule has 0 amide bonds. The Morgan fingerprint density at radius 1 is 0.692 bits per heavy atom.